The van der Waals surface area contributed by atoms with Crippen molar-refractivity contribution in [2.24, 2.45) is 0 Å². The second kappa shape index (κ2) is 2.39. The van der Waals surface area contributed by atoms with Gasteiger partial charge < -0.3 is 5.32 Å². The van der Waals surface area contributed by atoms with Crippen molar-refractivity contribution in [2.45, 2.75) is 37.6 Å². The van der Waals surface area contributed by atoms with Crippen molar-refractivity contribution in [1.82, 2.24) is 5.32 Å². The Labute approximate surface area is 62.5 Å². The predicted molar refractivity (Wildman–Crippen MR) is 43.0 cm³/mol. The Morgan fingerprint density at radius 3 is 2.50 bits per heavy atom. The van der Waals surface area contributed by atoms with Crippen LogP contribution in [0.1, 0.15) is 32.1 Å². The summed E-state index contributed by atoms with van der Waals surface area (Å²) >= 11 is 0. The first-order chi connectivity index (χ1) is 4.91. The maximum Gasteiger partial charge on any atom is 0.0218 e. The van der Waals surface area contributed by atoms with Gasteiger partial charge in [-0.25, -0.2) is 0 Å². The van der Waals surface area contributed by atoms with Crippen LogP contribution in [0, 0.1) is 0 Å². The smallest absolute Gasteiger partial charge is 0.0218 e. The topological polar surface area (TPSA) is 12.0 Å². The van der Waals surface area contributed by atoms with Crippen molar-refractivity contribution in [1.29, 1.82) is 0 Å². The van der Waals surface area contributed by atoms with Crippen LogP contribution in [0.2, 0.25) is 0 Å². The quantitative estimate of drug-likeness (QED) is 0.502. The third-order valence-corrected chi connectivity index (χ3v) is 2.83. The monoisotopic (exact) mass is 137 g/mol. The van der Waals surface area contributed by atoms with Gasteiger partial charge in [0.25, 0.3) is 0 Å². The molecule has 0 saturated heterocycles. The molecule has 0 unspecified atom stereocenters. The summed E-state index contributed by atoms with van der Waals surface area (Å²) in [6.45, 7) is 1.10. The Hall–Kier alpha value is -0.300. The standard InChI is InChI=1S/C9H15N/c1-2-6-9(5-1)7-3-4-8-10-9/h3-4,10H,1-2,5-8H2. The number of hydrogen-bond donors (Lipinski definition) is 1. The predicted octanol–water partition coefficient (Wildman–Crippen LogP) is 1.85. The van der Waals surface area contributed by atoms with Crippen molar-refractivity contribution in [3.05, 3.63) is 12.2 Å². The third kappa shape index (κ3) is 0.988. The molecule has 0 atom stereocenters. The highest BCUT2D eigenvalue weighted by atomic mass is 15.0. The van der Waals surface area contributed by atoms with Crippen LogP contribution in [0.15, 0.2) is 12.2 Å². The summed E-state index contributed by atoms with van der Waals surface area (Å²) in [4.78, 5) is 0. The SMILES string of the molecule is C1=CCC2(CCCC2)NC1. The van der Waals surface area contributed by atoms with E-state index in [1.54, 1.807) is 0 Å². The van der Waals surface area contributed by atoms with E-state index in [9.17, 15) is 0 Å². The fraction of sp³-hybridized carbons (Fsp3) is 0.778. The molecule has 2 aliphatic rings. The van der Waals surface area contributed by atoms with Crippen molar-refractivity contribution in [2.75, 3.05) is 6.54 Å². The first kappa shape index (κ1) is 6.41. The second-order valence-electron chi connectivity index (χ2n) is 3.54. The lowest BCUT2D eigenvalue weighted by Gasteiger charge is -2.31. The summed E-state index contributed by atoms with van der Waals surface area (Å²) in [5.74, 6) is 0. The summed E-state index contributed by atoms with van der Waals surface area (Å²) in [7, 11) is 0. The van der Waals surface area contributed by atoms with Gasteiger partial charge in [0.1, 0.15) is 0 Å². The normalized spacial score (nSPS) is 29.6. The van der Waals surface area contributed by atoms with E-state index in [4.69, 9.17) is 0 Å². The minimum absolute atomic E-state index is 0.536. The van der Waals surface area contributed by atoms with Gasteiger partial charge in [0.2, 0.25) is 0 Å². The number of nitrogens with one attached hydrogen (secondary N) is 1. The molecule has 1 aliphatic heterocycles. The zero-order chi connectivity index (χ0) is 6.86. The van der Waals surface area contributed by atoms with Gasteiger partial charge in [0, 0.05) is 12.1 Å². The van der Waals surface area contributed by atoms with Crippen LogP contribution in [0.4, 0.5) is 0 Å². The zero-order valence-corrected chi connectivity index (χ0v) is 6.40. The number of rotatable bonds is 0. The van der Waals surface area contributed by atoms with Crippen LogP contribution in [0.5, 0.6) is 0 Å². The van der Waals surface area contributed by atoms with Crippen LogP contribution < -0.4 is 5.32 Å². The molecule has 1 N–H and O–H groups in total. The minimum Gasteiger partial charge on any atom is -0.307 e. The van der Waals surface area contributed by atoms with Crippen LogP contribution in [0.25, 0.3) is 0 Å². The highest BCUT2D eigenvalue weighted by molar-refractivity contribution is 5.05. The van der Waals surface area contributed by atoms with E-state index in [0.29, 0.717) is 5.54 Å². The third-order valence-electron chi connectivity index (χ3n) is 2.83. The molecule has 0 aromatic rings. The molecule has 1 heteroatoms. The van der Waals surface area contributed by atoms with E-state index in [2.05, 4.69) is 17.5 Å². The molecular weight excluding hydrogens is 122 g/mol. The van der Waals surface area contributed by atoms with Gasteiger partial charge in [-0.05, 0) is 19.3 Å². The molecular formula is C9H15N. The van der Waals surface area contributed by atoms with Gasteiger partial charge in [-0.1, -0.05) is 25.0 Å². The van der Waals surface area contributed by atoms with Gasteiger partial charge in [0.05, 0.1) is 0 Å². The van der Waals surface area contributed by atoms with Gasteiger partial charge >= 0.3 is 0 Å². The highest BCUT2D eigenvalue weighted by Gasteiger charge is 2.32. The fourth-order valence-electron chi connectivity index (χ4n) is 2.17. The maximum absolute atomic E-state index is 3.61. The lowest BCUT2D eigenvalue weighted by Crippen LogP contribution is -2.44. The first-order valence-electron chi connectivity index (χ1n) is 4.31. The van der Waals surface area contributed by atoms with Gasteiger partial charge in [-0.15, -0.1) is 0 Å². The molecule has 1 heterocycles. The lowest BCUT2D eigenvalue weighted by molar-refractivity contribution is 0.339. The summed E-state index contributed by atoms with van der Waals surface area (Å²) in [6.07, 6.45) is 11.5. The minimum atomic E-state index is 0.536. The van der Waals surface area contributed by atoms with E-state index in [-0.39, 0.29) is 0 Å². The largest absolute Gasteiger partial charge is 0.307 e. The molecule has 1 spiro atoms. The molecule has 10 heavy (non-hydrogen) atoms. The lowest BCUT2D eigenvalue weighted by atomic mass is 9.91. The summed E-state index contributed by atoms with van der Waals surface area (Å²) in [5, 5.41) is 3.61. The average molecular weight is 137 g/mol. The maximum atomic E-state index is 3.61. The van der Waals surface area contributed by atoms with E-state index in [1.807, 2.05) is 0 Å². The Bertz CT molecular complexity index is 143. The summed E-state index contributed by atoms with van der Waals surface area (Å²) in [6, 6.07) is 0. The Balaban J connectivity index is 2.06. The molecule has 0 aromatic carbocycles. The van der Waals surface area contributed by atoms with Crippen LogP contribution in [-0.2, 0) is 0 Å². The van der Waals surface area contributed by atoms with E-state index < -0.39 is 0 Å². The average Bonchev–Trinajstić information content (AvgIpc) is 2.39. The fourth-order valence-corrected chi connectivity index (χ4v) is 2.17. The van der Waals surface area contributed by atoms with Gasteiger partial charge in [-0.2, -0.15) is 0 Å². The van der Waals surface area contributed by atoms with Crippen molar-refractivity contribution in [3.8, 4) is 0 Å². The Morgan fingerprint density at radius 2 is 1.90 bits per heavy atom. The molecule has 0 aromatic heterocycles. The molecule has 0 radical (unpaired) electrons. The Kier molecular flexibility index (Phi) is 1.53. The van der Waals surface area contributed by atoms with Gasteiger partial charge in [0.15, 0.2) is 0 Å². The van der Waals surface area contributed by atoms with E-state index in [1.165, 1.54) is 32.1 Å². The van der Waals surface area contributed by atoms with Crippen molar-refractivity contribution >= 4 is 0 Å². The first-order valence-corrected chi connectivity index (χ1v) is 4.31. The second-order valence-corrected chi connectivity index (χ2v) is 3.54. The molecule has 0 amide bonds. The van der Waals surface area contributed by atoms with Crippen molar-refractivity contribution < 1.29 is 0 Å². The summed E-state index contributed by atoms with van der Waals surface area (Å²) < 4.78 is 0. The van der Waals surface area contributed by atoms with Crippen LogP contribution in [-0.4, -0.2) is 12.1 Å². The molecule has 1 aliphatic carbocycles. The number of hydrogen-bond acceptors (Lipinski definition) is 1. The molecule has 1 nitrogen and oxygen atoms in total. The van der Waals surface area contributed by atoms with Crippen molar-refractivity contribution in [3.63, 3.8) is 0 Å². The molecule has 1 saturated carbocycles. The summed E-state index contributed by atoms with van der Waals surface area (Å²) in [5.41, 5.74) is 0.536. The zero-order valence-electron chi connectivity index (χ0n) is 6.40. The van der Waals surface area contributed by atoms with Crippen LogP contribution >= 0.6 is 0 Å². The van der Waals surface area contributed by atoms with Gasteiger partial charge in [-0.3, -0.25) is 0 Å². The van der Waals surface area contributed by atoms with E-state index >= 15 is 0 Å². The molecule has 56 valence electrons. The van der Waals surface area contributed by atoms with E-state index in [0.717, 1.165) is 6.54 Å². The highest BCUT2D eigenvalue weighted by Crippen LogP contribution is 2.33. The molecule has 1 fully saturated rings. The molecule has 2 rings (SSSR count). The molecule has 0 bridgehead atoms. The van der Waals surface area contributed by atoms with Crippen LogP contribution in [0.3, 0.4) is 0 Å². The Morgan fingerprint density at radius 1 is 1.10 bits per heavy atom.